The molecule has 4 aliphatic rings. The van der Waals surface area contributed by atoms with Gasteiger partial charge < -0.3 is 5.32 Å². The molecule has 0 bridgehead atoms. The van der Waals surface area contributed by atoms with E-state index in [0.717, 1.165) is 89.3 Å². The molecule has 0 radical (unpaired) electrons. The Labute approximate surface area is 511 Å². The number of nitrogens with zero attached hydrogens (tertiary/aromatic N) is 2. The van der Waals surface area contributed by atoms with Gasteiger partial charge in [0.25, 0.3) is 0 Å². The lowest BCUT2D eigenvalue weighted by atomic mass is 9.81. The van der Waals surface area contributed by atoms with Crippen LogP contribution in [0.5, 0.6) is 0 Å². The molecular formula is C84H65N3. The Morgan fingerprint density at radius 3 is 1.01 bits per heavy atom. The topological polar surface area (TPSA) is 37.8 Å². The molecule has 1 N–H and O–H groups in total. The number of hydrogen-bond acceptors (Lipinski definition) is 3. The van der Waals surface area contributed by atoms with E-state index >= 15 is 0 Å². The molecule has 1 aliphatic heterocycles. The van der Waals surface area contributed by atoms with Crippen molar-refractivity contribution in [2.24, 2.45) is 0 Å². The van der Waals surface area contributed by atoms with Crippen molar-refractivity contribution in [2.75, 3.05) is 0 Å². The van der Waals surface area contributed by atoms with Gasteiger partial charge in [-0.3, -0.25) is 9.97 Å². The third-order valence-electron chi connectivity index (χ3n) is 19.7. The molecule has 0 spiro atoms. The van der Waals surface area contributed by atoms with Gasteiger partial charge in [-0.1, -0.05) is 254 Å². The van der Waals surface area contributed by atoms with Gasteiger partial charge in [-0.2, -0.15) is 0 Å². The summed E-state index contributed by atoms with van der Waals surface area (Å²) >= 11 is 0. The van der Waals surface area contributed by atoms with Crippen molar-refractivity contribution in [3.8, 4) is 112 Å². The van der Waals surface area contributed by atoms with E-state index in [9.17, 15) is 0 Å². The number of aromatic nitrogens is 2. The summed E-state index contributed by atoms with van der Waals surface area (Å²) in [6, 6.07) is 89.9. The van der Waals surface area contributed by atoms with Crippen molar-refractivity contribution in [3.63, 3.8) is 0 Å². The van der Waals surface area contributed by atoms with Crippen LogP contribution in [0.2, 0.25) is 0 Å². The molecular weight excluding hydrogens is 1050 g/mol. The quantitative estimate of drug-likeness (QED) is 0.157. The SMILES string of the molecule is CC1(C)c2ccccc2-c2ccc(-c3ccc(-c4ccccc4-c4cc(-c5ccccc5C5=CNC(c6ccc7c(c6)C(C)(C)c6ccccc6-7)C=C5)cc(-c5ccccc5-c5ccc(-c6ccc7c(c6)C(C)(C)c6ccccc6-7)nc5)c4)cn3)cc21. The largest absolute Gasteiger partial charge is 0.380 e. The molecule has 12 aromatic rings. The number of allylic oxidation sites excluding steroid dienone is 2. The summed E-state index contributed by atoms with van der Waals surface area (Å²) in [6.07, 6.45) is 11.0. The fraction of sp³-hybridized carbons (Fsp3) is 0.119. The fourth-order valence-electron chi connectivity index (χ4n) is 15.0. The Bertz CT molecular complexity index is 4640. The molecule has 3 heterocycles. The van der Waals surface area contributed by atoms with E-state index in [2.05, 4.69) is 320 Å². The van der Waals surface area contributed by atoms with Crippen molar-refractivity contribution in [1.82, 2.24) is 15.3 Å². The van der Waals surface area contributed by atoms with Crippen LogP contribution in [0, 0.1) is 0 Å². The number of dihydropyridines is 1. The Hall–Kier alpha value is -10.2. The second kappa shape index (κ2) is 19.9. The number of fused-ring (bicyclic) bond motifs is 9. The monoisotopic (exact) mass is 1120 g/mol. The summed E-state index contributed by atoms with van der Waals surface area (Å²) in [5, 5.41) is 3.83. The summed E-state index contributed by atoms with van der Waals surface area (Å²) in [4.78, 5) is 10.4. The Balaban J connectivity index is 0.771. The normalized spacial score (nSPS) is 15.7. The molecule has 0 saturated carbocycles. The van der Waals surface area contributed by atoms with Crippen LogP contribution in [0.15, 0.2) is 273 Å². The lowest BCUT2D eigenvalue weighted by molar-refractivity contribution is 0.656. The minimum absolute atomic E-state index is 0.0394. The van der Waals surface area contributed by atoms with Crippen LogP contribution < -0.4 is 5.32 Å². The highest BCUT2D eigenvalue weighted by molar-refractivity contribution is 5.95. The molecule has 10 aromatic carbocycles. The lowest BCUT2D eigenvalue weighted by Crippen LogP contribution is -2.19. The van der Waals surface area contributed by atoms with Crippen molar-refractivity contribution in [2.45, 2.75) is 63.8 Å². The predicted octanol–water partition coefficient (Wildman–Crippen LogP) is 21.3. The fourth-order valence-corrected chi connectivity index (χ4v) is 15.0. The highest BCUT2D eigenvalue weighted by Crippen LogP contribution is 2.53. The van der Waals surface area contributed by atoms with Crippen molar-refractivity contribution in [1.29, 1.82) is 0 Å². The second-order valence-corrected chi connectivity index (χ2v) is 25.7. The molecule has 1 unspecified atom stereocenters. The van der Waals surface area contributed by atoms with Gasteiger partial charge in [0.1, 0.15) is 0 Å². The summed E-state index contributed by atoms with van der Waals surface area (Å²) in [7, 11) is 0. The Kier molecular flexibility index (Phi) is 12.0. The van der Waals surface area contributed by atoms with E-state index in [1.54, 1.807) is 0 Å². The summed E-state index contributed by atoms with van der Waals surface area (Å²) < 4.78 is 0. The maximum atomic E-state index is 5.21. The molecule has 3 heteroatoms. The third-order valence-corrected chi connectivity index (χ3v) is 19.7. The van der Waals surface area contributed by atoms with Gasteiger partial charge >= 0.3 is 0 Å². The molecule has 416 valence electrons. The molecule has 3 aliphatic carbocycles. The minimum atomic E-state index is -0.0926. The van der Waals surface area contributed by atoms with Crippen LogP contribution in [0.1, 0.15) is 92.1 Å². The van der Waals surface area contributed by atoms with Gasteiger partial charge in [-0.05, 0) is 170 Å². The molecule has 1 atom stereocenters. The molecule has 2 aromatic heterocycles. The van der Waals surface area contributed by atoms with Crippen molar-refractivity contribution in [3.05, 3.63) is 318 Å². The van der Waals surface area contributed by atoms with E-state index in [0.29, 0.717) is 0 Å². The molecule has 87 heavy (non-hydrogen) atoms. The number of benzene rings is 10. The first-order valence-electron chi connectivity index (χ1n) is 30.6. The molecule has 0 fully saturated rings. The maximum absolute atomic E-state index is 5.21. The zero-order chi connectivity index (χ0) is 58.8. The number of hydrogen-bond donors (Lipinski definition) is 1. The zero-order valence-corrected chi connectivity index (χ0v) is 50.0. The molecule has 3 nitrogen and oxygen atoms in total. The first-order valence-corrected chi connectivity index (χ1v) is 30.6. The third kappa shape index (κ3) is 8.46. The number of pyridine rings is 2. The van der Waals surface area contributed by atoms with Crippen LogP contribution in [-0.4, -0.2) is 9.97 Å². The summed E-state index contributed by atoms with van der Waals surface area (Å²) in [6.45, 7) is 14.1. The standard InChI is InChI=1S/C84H65N3/c1-82(2)73-28-16-13-25-67(73)70-37-31-52(46-76(70)82)79-40-34-55(49-85-79)61-19-7-10-22-64(61)58-43-59(65-23-11-8-20-62(65)56-35-41-80(86-50-56)53-32-38-71-68-26-14-17-29-74(68)83(3,4)77(71)47-53)45-60(44-58)66-24-12-9-21-63(66)57-36-42-81(87-51-57)54-33-39-72-69-27-15-18-30-75(69)84(5,6)78(72)48-54/h7-51,79,85H,1-6H3. The number of rotatable bonds is 9. The first-order chi connectivity index (χ1) is 42.4. The van der Waals surface area contributed by atoms with E-state index in [4.69, 9.17) is 9.97 Å². The van der Waals surface area contributed by atoms with E-state index in [1.165, 1.54) is 72.3 Å². The van der Waals surface area contributed by atoms with Gasteiger partial charge in [-0.15, -0.1) is 0 Å². The van der Waals surface area contributed by atoms with E-state index in [1.807, 2.05) is 0 Å². The average Bonchev–Trinajstić information content (AvgIpc) is 1.85. The highest BCUT2D eigenvalue weighted by Gasteiger charge is 2.38. The lowest BCUT2D eigenvalue weighted by Gasteiger charge is -2.25. The second-order valence-electron chi connectivity index (χ2n) is 25.7. The van der Waals surface area contributed by atoms with Gasteiger partial charge in [0, 0.05) is 57.1 Å². The Morgan fingerprint density at radius 2 is 0.621 bits per heavy atom. The molecule has 16 rings (SSSR count). The molecule has 0 amide bonds. The van der Waals surface area contributed by atoms with Gasteiger partial charge in [-0.25, -0.2) is 0 Å². The number of nitrogens with one attached hydrogen (secondary N) is 1. The van der Waals surface area contributed by atoms with Crippen molar-refractivity contribution >= 4 is 5.57 Å². The van der Waals surface area contributed by atoms with Crippen LogP contribution in [0.25, 0.3) is 117 Å². The minimum Gasteiger partial charge on any atom is -0.380 e. The van der Waals surface area contributed by atoms with Crippen LogP contribution in [-0.2, 0) is 16.2 Å². The van der Waals surface area contributed by atoms with Crippen molar-refractivity contribution < 1.29 is 0 Å². The summed E-state index contributed by atoms with van der Waals surface area (Å²) in [5.41, 5.74) is 34.8. The van der Waals surface area contributed by atoms with Crippen LogP contribution in [0.4, 0.5) is 0 Å². The Morgan fingerprint density at radius 1 is 0.287 bits per heavy atom. The van der Waals surface area contributed by atoms with E-state index in [-0.39, 0.29) is 22.3 Å². The van der Waals surface area contributed by atoms with Gasteiger partial charge in [0.2, 0.25) is 0 Å². The average molecular weight is 1120 g/mol. The smallest absolute Gasteiger partial charge is 0.0702 e. The molecule has 0 saturated heterocycles. The van der Waals surface area contributed by atoms with E-state index < -0.39 is 0 Å². The van der Waals surface area contributed by atoms with Gasteiger partial charge in [0.15, 0.2) is 0 Å². The maximum Gasteiger partial charge on any atom is 0.0702 e. The highest BCUT2D eigenvalue weighted by atomic mass is 14.9. The van der Waals surface area contributed by atoms with Crippen LogP contribution in [0.3, 0.4) is 0 Å². The van der Waals surface area contributed by atoms with Crippen LogP contribution >= 0.6 is 0 Å². The first kappa shape index (κ1) is 52.3. The zero-order valence-electron chi connectivity index (χ0n) is 50.0. The van der Waals surface area contributed by atoms with Gasteiger partial charge in [0.05, 0.1) is 17.4 Å². The summed E-state index contributed by atoms with van der Waals surface area (Å²) in [5.74, 6) is 0. The predicted molar refractivity (Wildman–Crippen MR) is 362 cm³/mol.